The molecule has 0 N–H and O–H groups in total. The Morgan fingerprint density at radius 3 is 2.09 bits per heavy atom. The first-order valence-electron chi connectivity index (χ1n) is 7.41. The van der Waals surface area contributed by atoms with Crippen LogP contribution in [0.2, 0.25) is 0 Å². The van der Waals surface area contributed by atoms with Crippen molar-refractivity contribution in [1.29, 1.82) is 0 Å². The van der Waals surface area contributed by atoms with Crippen LogP contribution in [-0.4, -0.2) is 14.7 Å². The SMILES string of the molecule is CC(C)(C)c1ccccc1N(Cc1ccc(Br)cc1)S(C)(=O)=O. The lowest BCUT2D eigenvalue weighted by Gasteiger charge is -2.30. The van der Waals surface area contributed by atoms with Crippen molar-refractivity contribution in [3.8, 4) is 0 Å². The number of anilines is 1. The molecule has 0 saturated carbocycles. The van der Waals surface area contributed by atoms with Gasteiger partial charge in [0.2, 0.25) is 10.0 Å². The van der Waals surface area contributed by atoms with Gasteiger partial charge in [-0.05, 0) is 34.7 Å². The fourth-order valence-electron chi connectivity index (χ4n) is 2.46. The molecule has 124 valence electrons. The molecule has 2 rings (SSSR count). The molecule has 2 aromatic rings. The highest BCUT2D eigenvalue weighted by Crippen LogP contribution is 2.33. The van der Waals surface area contributed by atoms with Gasteiger partial charge >= 0.3 is 0 Å². The Balaban J connectivity index is 2.51. The summed E-state index contributed by atoms with van der Waals surface area (Å²) in [4.78, 5) is 0. The lowest BCUT2D eigenvalue weighted by molar-refractivity contribution is 0.583. The zero-order valence-electron chi connectivity index (χ0n) is 13.9. The van der Waals surface area contributed by atoms with Gasteiger partial charge in [0, 0.05) is 4.47 Å². The minimum Gasteiger partial charge on any atom is -0.266 e. The van der Waals surface area contributed by atoms with Crippen LogP contribution >= 0.6 is 15.9 Å². The Bertz CT molecular complexity index is 777. The van der Waals surface area contributed by atoms with Crippen molar-refractivity contribution in [1.82, 2.24) is 0 Å². The predicted molar refractivity (Wildman–Crippen MR) is 100 cm³/mol. The lowest BCUT2D eigenvalue weighted by Crippen LogP contribution is -2.31. The molecule has 5 heteroatoms. The minimum absolute atomic E-state index is 0.140. The summed E-state index contributed by atoms with van der Waals surface area (Å²) in [6.45, 7) is 6.59. The molecule has 0 atom stereocenters. The number of hydrogen-bond donors (Lipinski definition) is 0. The van der Waals surface area contributed by atoms with Gasteiger partial charge < -0.3 is 0 Å². The number of para-hydroxylation sites is 1. The summed E-state index contributed by atoms with van der Waals surface area (Å²) in [5, 5.41) is 0. The normalized spacial score (nSPS) is 12.2. The molecule has 0 saturated heterocycles. The molecule has 0 radical (unpaired) electrons. The zero-order valence-corrected chi connectivity index (χ0v) is 16.3. The Kier molecular flexibility index (Phi) is 5.21. The molecule has 0 aliphatic heterocycles. The van der Waals surface area contributed by atoms with Crippen LogP contribution in [0, 0.1) is 0 Å². The van der Waals surface area contributed by atoms with Crippen molar-refractivity contribution in [2.75, 3.05) is 10.6 Å². The molecule has 23 heavy (non-hydrogen) atoms. The monoisotopic (exact) mass is 395 g/mol. The molecule has 2 aromatic carbocycles. The zero-order chi connectivity index (χ0) is 17.3. The summed E-state index contributed by atoms with van der Waals surface area (Å²) in [6.07, 6.45) is 1.26. The van der Waals surface area contributed by atoms with E-state index in [2.05, 4.69) is 36.7 Å². The average molecular weight is 396 g/mol. The maximum absolute atomic E-state index is 12.4. The van der Waals surface area contributed by atoms with Crippen LogP contribution in [0.1, 0.15) is 31.9 Å². The van der Waals surface area contributed by atoms with Gasteiger partial charge in [-0.25, -0.2) is 8.42 Å². The van der Waals surface area contributed by atoms with Crippen LogP contribution < -0.4 is 4.31 Å². The van der Waals surface area contributed by atoms with Crippen molar-refractivity contribution in [2.45, 2.75) is 32.7 Å². The Morgan fingerprint density at radius 2 is 1.57 bits per heavy atom. The van der Waals surface area contributed by atoms with E-state index in [-0.39, 0.29) is 5.41 Å². The van der Waals surface area contributed by atoms with E-state index in [9.17, 15) is 8.42 Å². The van der Waals surface area contributed by atoms with Crippen LogP contribution in [0.4, 0.5) is 5.69 Å². The van der Waals surface area contributed by atoms with E-state index in [4.69, 9.17) is 0 Å². The van der Waals surface area contributed by atoms with Gasteiger partial charge in [-0.1, -0.05) is 67.0 Å². The third kappa shape index (κ3) is 4.58. The van der Waals surface area contributed by atoms with E-state index in [0.29, 0.717) is 6.54 Å². The highest BCUT2D eigenvalue weighted by atomic mass is 79.9. The first kappa shape index (κ1) is 18.0. The summed E-state index contributed by atoms with van der Waals surface area (Å²) < 4.78 is 27.3. The van der Waals surface area contributed by atoms with E-state index < -0.39 is 10.0 Å². The van der Waals surface area contributed by atoms with E-state index in [0.717, 1.165) is 21.3 Å². The summed E-state index contributed by atoms with van der Waals surface area (Å²) in [6, 6.07) is 15.4. The quantitative estimate of drug-likeness (QED) is 0.751. The third-order valence-electron chi connectivity index (χ3n) is 3.62. The summed E-state index contributed by atoms with van der Waals surface area (Å²) in [5.41, 5.74) is 2.56. The third-order valence-corrected chi connectivity index (χ3v) is 5.28. The molecule has 0 bridgehead atoms. The number of hydrogen-bond acceptors (Lipinski definition) is 2. The average Bonchev–Trinajstić information content (AvgIpc) is 2.44. The van der Waals surface area contributed by atoms with Crippen LogP contribution in [-0.2, 0) is 22.0 Å². The van der Waals surface area contributed by atoms with E-state index in [1.165, 1.54) is 10.6 Å². The largest absolute Gasteiger partial charge is 0.266 e. The van der Waals surface area contributed by atoms with E-state index in [1.807, 2.05) is 48.5 Å². The van der Waals surface area contributed by atoms with Crippen molar-refractivity contribution < 1.29 is 8.42 Å². The molecule has 0 heterocycles. The molecule has 0 fully saturated rings. The van der Waals surface area contributed by atoms with Gasteiger partial charge in [0.15, 0.2) is 0 Å². The van der Waals surface area contributed by atoms with Gasteiger partial charge in [0.05, 0.1) is 18.5 Å². The Morgan fingerprint density at radius 1 is 1.00 bits per heavy atom. The van der Waals surface area contributed by atoms with E-state index >= 15 is 0 Å². The van der Waals surface area contributed by atoms with Crippen LogP contribution in [0.5, 0.6) is 0 Å². The fourth-order valence-corrected chi connectivity index (χ4v) is 3.63. The second-order valence-electron chi connectivity index (χ2n) is 6.66. The van der Waals surface area contributed by atoms with Crippen LogP contribution in [0.3, 0.4) is 0 Å². The molecular formula is C18H22BrNO2S. The number of sulfonamides is 1. The van der Waals surface area contributed by atoms with Crippen molar-refractivity contribution in [2.24, 2.45) is 0 Å². The highest BCUT2D eigenvalue weighted by molar-refractivity contribution is 9.10. The van der Waals surface area contributed by atoms with Gasteiger partial charge in [-0.2, -0.15) is 0 Å². The molecule has 0 spiro atoms. The maximum Gasteiger partial charge on any atom is 0.232 e. The summed E-state index contributed by atoms with van der Waals surface area (Å²) in [7, 11) is -3.39. The molecular weight excluding hydrogens is 374 g/mol. The van der Waals surface area contributed by atoms with Crippen LogP contribution in [0.25, 0.3) is 0 Å². The first-order chi connectivity index (χ1) is 10.6. The number of rotatable bonds is 4. The Hall–Kier alpha value is -1.33. The standard InChI is InChI=1S/C18H22BrNO2S/c1-18(2,3)16-7-5-6-8-17(16)20(23(4,21)22)13-14-9-11-15(19)12-10-14/h5-12H,13H2,1-4H3. The molecule has 0 aromatic heterocycles. The summed E-state index contributed by atoms with van der Waals surface area (Å²) >= 11 is 3.40. The molecule has 0 amide bonds. The molecule has 3 nitrogen and oxygen atoms in total. The lowest BCUT2D eigenvalue weighted by atomic mass is 9.86. The predicted octanol–water partition coefficient (Wildman–Crippen LogP) is 4.71. The number of halogens is 1. The Labute approximate surface area is 147 Å². The number of nitrogens with zero attached hydrogens (tertiary/aromatic N) is 1. The summed E-state index contributed by atoms with van der Waals surface area (Å²) in [5.74, 6) is 0. The molecule has 0 aliphatic rings. The van der Waals surface area contributed by atoms with Crippen LogP contribution in [0.15, 0.2) is 53.0 Å². The van der Waals surface area contributed by atoms with Gasteiger partial charge in [-0.3, -0.25) is 4.31 Å². The van der Waals surface area contributed by atoms with Gasteiger partial charge in [-0.15, -0.1) is 0 Å². The topological polar surface area (TPSA) is 37.4 Å². The fraction of sp³-hybridized carbons (Fsp3) is 0.333. The first-order valence-corrected chi connectivity index (χ1v) is 10.0. The molecule has 0 aliphatic carbocycles. The number of benzene rings is 2. The van der Waals surface area contributed by atoms with Crippen molar-refractivity contribution in [3.63, 3.8) is 0 Å². The smallest absolute Gasteiger partial charge is 0.232 e. The maximum atomic E-state index is 12.4. The minimum atomic E-state index is -3.39. The van der Waals surface area contributed by atoms with Crippen molar-refractivity contribution >= 4 is 31.6 Å². The van der Waals surface area contributed by atoms with Crippen molar-refractivity contribution in [3.05, 3.63) is 64.1 Å². The second-order valence-corrected chi connectivity index (χ2v) is 9.49. The van der Waals surface area contributed by atoms with Gasteiger partial charge in [0.1, 0.15) is 0 Å². The van der Waals surface area contributed by atoms with E-state index in [1.54, 1.807) is 0 Å². The molecule has 0 unspecified atom stereocenters. The highest BCUT2D eigenvalue weighted by Gasteiger charge is 2.25. The van der Waals surface area contributed by atoms with Gasteiger partial charge in [0.25, 0.3) is 0 Å². The second kappa shape index (κ2) is 6.65.